The molecule has 31 heavy (non-hydrogen) atoms. The van der Waals surface area contributed by atoms with Gasteiger partial charge in [0.2, 0.25) is 11.8 Å². The monoisotopic (exact) mass is 431 g/mol. The summed E-state index contributed by atoms with van der Waals surface area (Å²) in [6, 6.07) is 14.8. The van der Waals surface area contributed by atoms with Crippen LogP contribution in [-0.4, -0.2) is 27.9 Å². The molecule has 0 aliphatic rings. The summed E-state index contributed by atoms with van der Waals surface area (Å²) in [5.41, 5.74) is 3.04. The Morgan fingerprint density at radius 1 is 1.03 bits per heavy atom. The van der Waals surface area contributed by atoms with Crippen LogP contribution in [0.4, 0.5) is 11.6 Å². The summed E-state index contributed by atoms with van der Waals surface area (Å²) in [6.45, 7) is 3.90. The Morgan fingerprint density at radius 3 is 2.65 bits per heavy atom. The average molecular weight is 432 g/mol. The number of thiophene rings is 1. The van der Waals surface area contributed by atoms with Crippen molar-refractivity contribution in [3.8, 4) is 22.9 Å². The molecule has 1 amide bonds. The Hall–Kier alpha value is -3.78. The molecule has 1 aromatic carbocycles. The number of aromatic nitrogens is 3. The van der Waals surface area contributed by atoms with Crippen molar-refractivity contribution in [3.05, 3.63) is 76.2 Å². The van der Waals surface area contributed by atoms with Crippen LogP contribution in [0.3, 0.4) is 0 Å². The number of amides is 1. The Bertz CT molecular complexity index is 1240. The van der Waals surface area contributed by atoms with Crippen molar-refractivity contribution in [2.24, 2.45) is 0 Å². The molecular weight excluding hydrogens is 410 g/mol. The zero-order chi connectivity index (χ0) is 21.8. The largest absolute Gasteiger partial charge is 0.438 e. The van der Waals surface area contributed by atoms with E-state index >= 15 is 0 Å². The van der Waals surface area contributed by atoms with Crippen LogP contribution in [0.5, 0.6) is 11.6 Å². The number of ether oxygens (including phenoxy) is 1. The number of carbonyl (C=O) groups is 1. The number of pyridine rings is 1. The van der Waals surface area contributed by atoms with E-state index in [4.69, 9.17) is 4.74 Å². The summed E-state index contributed by atoms with van der Waals surface area (Å²) in [5, 5.41) is 5.86. The van der Waals surface area contributed by atoms with Crippen LogP contribution in [0.15, 0.2) is 60.9 Å². The molecule has 0 fully saturated rings. The normalized spacial score (nSPS) is 10.5. The van der Waals surface area contributed by atoms with E-state index in [0.29, 0.717) is 33.8 Å². The fourth-order valence-corrected chi connectivity index (χ4v) is 3.75. The van der Waals surface area contributed by atoms with Gasteiger partial charge in [0, 0.05) is 30.0 Å². The van der Waals surface area contributed by atoms with Gasteiger partial charge in [-0.05, 0) is 67.9 Å². The maximum absolute atomic E-state index is 12.4. The van der Waals surface area contributed by atoms with E-state index in [1.165, 1.54) is 11.3 Å². The van der Waals surface area contributed by atoms with Crippen LogP contribution in [0.25, 0.3) is 11.3 Å². The topological polar surface area (TPSA) is 89.0 Å². The highest BCUT2D eigenvalue weighted by molar-refractivity contribution is 7.14. The number of rotatable bonds is 6. The third-order valence-electron chi connectivity index (χ3n) is 4.53. The van der Waals surface area contributed by atoms with Gasteiger partial charge in [0.1, 0.15) is 5.75 Å². The number of hydrogen-bond acceptors (Lipinski definition) is 7. The predicted molar refractivity (Wildman–Crippen MR) is 123 cm³/mol. The Morgan fingerprint density at radius 2 is 1.90 bits per heavy atom. The van der Waals surface area contributed by atoms with Crippen molar-refractivity contribution in [3.63, 3.8) is 0 Å². The average Bonchev–Trinajstić information content (AvgIpc) is 3.22. The lowest BCUT2D eigenvalue weighted by atomic mass is 10.1. The highest BCUT2D eigenvalue weighted by atomic mass is 32.1. The van der Waals surface area contributed by atoms with Gasteiger partial charge in [-0.1, -0.05) is 0 Å². The summed E-state index contributed by atoms with van der Waals surface area (Å²) >= 11 is 1.47. The molecule has 0 spiro atoms. The summed E-state index contributed by atoms with van der Waals surface area (Å²) in [6.07, 6.45) is 3.36. The second-order valence-corrected chi connectivity index (χ2v) is 8.11. The number of nitrogens with zero attached hydrogens (tertiary/aromatic N) is 3. The van der Waals surface area contributed by atoms with Crippen LogP contribution in [0, 0.1) is 13.8 Å². The molecule has 0 aliphatic carbocycles. The van der Waals surface area contributed by atoms with E-state index in [9.17, 15) is 4.79 Å². The van der Waals surface area contributed by atoms with E-state index < -0.39 is 0 Å². The first-order chi connectivity index (χ1) is 15.0. The third-order valence-corrected chi connectivity index (χ3v) is 5.53. The van der Waals surface area contributed by atoms with Crippen LogP contribution >= 0.6 is 11.3 Å². The second kappa shape index (κ2) is 8.93. The molecule has 8 heteroatoms. The van der Waals surface area contributed by atoms with Crippen LogP contribution in [0.2, 0.25) is 0 Å². The maximum atomic E-state index is 12.4. The van der Waals surface area contributed by atoms with E-state index in [1.54, 1.807) is 19.4 Å². The molecule has 0 saturated carbocycles. The minimum atomic E-state index is -0.123. The molecule has 4 aromatic rings. The number of benzene rings is 1. The fourth-order valence-electron chi connectivity index (χ4n) is 2.99. The molecule has 0 unspecified atom stereocenters. The van der Waals surface area contributed by atoms with Crippen LogP contribution in [-0.2, 0) is 0 Å². The first-order valence-corrected chi connectivity index (χ1v) is 10.5. The van der Waals surface area contributed by atoms with E-state index in [-0.39, 0.29) is 5.91 Å². The Labute approximate surface area is 184 Å². The minimum absolute atomic E-state index is 0.123. The summed E-state index contributed by atoms with van der Waals surface area (Å²) in [7, 11) is 1.77. The van der Waals surface area contributed by atoms with Gasteiger partial charge in [-0.3, -0.25) is 4.79 Å². The van der Waals surface area contributed by atoms with Gasteiger partial charge in [-0.25, -0.2) is 15.0 Å². The first kappa shape index (κ1) is 20.5. The second-order valence-electron chi connectivity index (χ2n) is 6.82. The number of hydrogen-bond donors (Lipinski definition) is 2. The number of anilines is 2. The van der Waals surface area contributed by atoms with Crippen molar-refractivity contribution in [2.75, 3.05) is 17.7 Å². The third kappa shape index (κ3) is 4.70. The van der Waals surface area contributed by atoms with E-state index in [0.717, 1.165) is 16.0 Å². The highest BCUT2D eigenvalue weighted by Crippen LogP contribution is 2.33. The molecule has 156 valence electrons. The lowest BCUT2D eigenvalue weighted by Crippen LogP contribution is -2.10. The molecule has 0 saturated heterocycles. The molecule has 3 heterocycles. The lowest BCUT2D eigenvalue weighted by Gasteiger charge is -2.13. The van der Waals surface area contributed by atoms with Crippen molar-refractivity contribution in [1.29, 1.82) is 0 Å². The van der Waals surface area contributed by atoms with Crippen molar-refractivity contribution in [1.82, 2.24) is 15.0 Å². The highest BCUT2D eigenvalue weighted by Gasteiger charge is 2.13. The molecule has 4 rings (SSSR count). The molecule has 0 aliphatic heterocycles. The number of aryl methyl sites for hydroxylation is 2. The molecule has 2 N–H and O–H groups in total. The molecule has 7 nitrogen and oxygen atoms in total. The zero-order valence-corrected chi connectivity index (χ0v) is 18.2. The van der Waals surface area contributed by atoms with Gasteiger partial charge in [0.15, 0.2) is 0 Å². The van der Waals surface area contributed by atoms with Crippen molar-refractivity contribution in [2.45, 2.75) is 13.8 Å². The van der Waals surface area contributed by atoms with Gasteiger partial charge >= 0.3 is 0 Å². The summed E-state index contributed by atoms with van der Waals surface area (Å²) in [5.74, 6) is 1.48. The van der Waals surface area contributed by atoms with Crippen LogP contribution < -0.4 is 15.4 Å². The molecule has 0 atom stereocenters. The quantitative estimate of drug-likeness (QED) is 0.430. The first-order valence-electron chi connectivity index (χ1n) is 9.66. The van der Waals surface area contributed by atoms with E-state index in [2.05, 4.69) is 25.6 Å². The molecule has 0 radical (unpaired) electrons. The zero-order valence-electron chi connectivity index (χ0n) is 17.3. The summed E-state index contributed by atoms with van der Waals surface area (Å²) in [4.78, 5) is 27.2. The number of carbonyl (C=O) groups excluding carboxylic acids is 1. The molecule has 3 aromatic heterocycles. The lowest BCUT2D eigenvalue weighted by molar-refractivity contribution is 0.103. The van der Waals surface area contributed by atoms with Gasteiger partial charge < -0.3 is 15.4 Å². The van der Waals surface area contributed by atoms with Gasteiger partial charge in [-0.2, -0.15) is 0 Å². The fraction of sp³-hybridized carbons (Fsp3) is 0.130. The maximum Gasteiger partial charge on any atom is 0.265 e. The summed E-state index contributed by atoms with van der Waals surface area (Å²) < 4.78 is 6.11. The molecular formula is C23H21N5O2S. The Kier molecular flexibility index (Phi) is 5.90. The van der Waals surface area contributed by atoms with Crippen molar-refractivity contribution >= 4 is 28.9 Å². The number of nitrogens with one attached hydrogen (secondary N) is 2. The standard InChI is InChI=1S/C23H21N5O2S/c1-14-13-16(27-21(29)20-9-6-15(2)31-20)7-8-19(14)30-22-17(5-4-11-25-22)18-10-12-26-23(24-3)28-18/h4-13H,1-3H3,(H,27,29)(H,24,26,28). The molecule has 0 bridgehead atoms. The van der Waals surface area contributed by atoms with Gasteiger partial charge in [0.05, 0.1) is 16.1 Å². The van der Waals surface area contributed by atoms with Crippen LogP contribution in [0.1, 0.15) is 20.1 Å². The van der Waals surface area contributed by atoms with Gasteiger partial charge in [-0.15, -0.1) is 11.3 Å². The Balaban J connectivity index is 1.56. The predicted octanol–water partition coefficient (Wildman–Crippen LogP) is 5.30. The minimum Gasteiger partial charge on any atom is -0.438 e. The smallest absolute Gasteiger partial charge is 0.265 e. The van der Waals surface area contributed by atoms with E-state index in [1.807, 2.05) is 62.4 Å². The van der Waals surface area contributed by atoms with Gasteiger partial charge in [0.25, 0.3) is 5.91 Å². The SMILES string of the molecule is CNc1nccc(-c2cccnc2Oc2ccc(NC(=O)c3ccc(C)s3)cc2C)n1. The van der Waals surface area contributed by atoms with Crippen molar-refractivity contribution < 1.29 is 9.53 Å².